The third-order valence-electron chi connectivity index (χ3n) is 4.32. The lowest BCUT2D eigenvalue weighted by molar-refractivity contribution is 0.0746. The number of rotatable bonds is 3. The van der Waals surface area contributed by atoms with Crippen molar-refractivity contribution in [1.82, 2.24) is 14.9 Å². The third kappa shape index (κ3) is 3.70. The van der Waals surface area contributed by atoms with Crippen LogP contribution in [0, 0.1) is 12.7 Å². The predicted molar refractivity (Wildman–Crippen MR) is 95.6 cm³/mol. The zero-order chi connectivity index (χ0) is 18.0. The van der Waals surface area contributed by atoms with Gasteiger partial charge >= 0.3 is 0 Å². The Bertz CT molecular complexity index is 772. The fraction of sp³-hybridized carbons (Fsp3) is 0.389. The van der Waals surface area contributed by atoms with Crippen LogP contribution in [0.2, 0.25) is 0 Å². The maximum atomic E-state index is 13.4. The van der Waals surface area contributed by atoms with Crippen LogP contribution >= 0.6 is 0 Å². The highest BCUT2D eigenvalue weighted by atomic mass is 19.1. The lowest BCUT2D eigenvalue weighted by atomic mass is 10.1. The van der Waals surface area contributed by atoms with E-state index in [9.17, 15) is 9.18 Å². The molecule has 7 heteroatoms. The molecule has 0 unspecified atom stereocenters. The van der Waals surface area contributed by atoms with Crippen molar-refractivity contribution in [2.24, 2.45) is 0 Å². The van der Waals surface area contributed by atoms with Gasteiger partial charge in [-0.25, -0.2) is 9.37 Å². The number of aromatic nitrogens is 2. The number of anilines is 2. The molecule has 0 spiro atoms. The van der Waals surface area contributed by atoms with Gasteiger partial charge in [0.05, 0.1) is 0 Å². The predicted octanol–water partition coefficient (Wildman–Crippen LogP) is 1.95. The van der Waals surface area contributed by atoms with Gasteiger partial charge < -0.3 is 14.7 Å². The van der Waals surface area contributed by atoms with Gasteiger partial charge in [0, 0.05) is 52.0 Å². The summed E-state index contributed by atoms with van der Waals surface area (Å²) >= 11 is 0. The van der Waals surface area contributed by atoms with Crippen molar-refractivity contribution in [2.75, 3.05) is 50.1 Å². The van der Waals surface area contributed by atoms with E-state index in [0.29, 0.717) is 43.3 Å². The smallest absolute Gasteiger partial charge is 0.253 e. The molecule has 0 saturated carbocycles. The van der Waals surface area contributed by atoms with Gasteiger partial charge in [-0.05, 0) is 36.8 Å². The summed E-state index contributed by atoms with van der Waals surface area (Å²) in [5, 5.41) is 0. The van der Waals surface area contributed by atoms with E-state index in [0.717, 1.165) is 5.82 Å². The van der Waals surface area contributed by atoms with Crippen LogP contribution in [0.5, 0.6) is 0 Å². The van der Waals surface area contributed by atoms with Crippen molar-refractivity contribution in [1.29, 1.82) is 0 Å². The molecule has 132 valence electrons. The molecule has 0 atom stereocenters. The van der Waals surface area contributed by atoms with Gasteiger partial charge in [-0.3, -0.25) is 4.79 Å². The Morgan fingerprint density at radius 2 is 1.88 bits per heavy atom. The Morgan fingerprint density at radius 3 is 2.52 bits per heavy atom. The zero-order valence-corrected chi connectivity index (χ0v) is 14.7. The normalized spacial score (nSPS) is 14.6. The van der Waals surface area contributed by atoms with Crippen LogP contribution in [-0.2, 0) is 0 Å². The second-order valence-electron chi connectivity index (χ2n) is 6.35. The molecule has 0 bridgehead atoms. The molecular weight excluding hydrogens is 321 g/mol. The first-order valence-corrected chi connectivity index (χ1v) is 8.26. The van der Waals surface area contributed by atoms with Crippen molar-refractivity contribution in [3.05, 3.63) is 47.4 Å². The summed E-state index contributed by atoms with van der Waals surface area (Å²) in [7, 11) is 3.81. The highest BCUT2D eigenvalue weighted by molar-refractivity contribution is 5.94. The van der Waals surface area contributed by atoms with Crippen LogP contribution in [0.4, 0.5) is 16.2 Å². The van der Waals surface area contributed by atoms with Crippen LogP contribution in [0.3, 0.4) is 0 Å². The number of hydrogen-bond acceptors (Lipinski definition) is 5. The largest absolute Gasteiger partial charge is 0.353 e. The van der Waals surface area contributed by atoms with E-state index < -0.39 is 0 Å². The molecule has 25 heavy (non-hydrogen) atoms. The first-order chi connectivity index (χ1) is 12.0. The number of carbonyl (C=O) groups excluding carboxylic acids is 1. The van der Waals surface area contributed by atoms with E-state index in [2.05, 4.69) is 14.9 Å². The highest BCUT2D eigenvalue weighted by Crippen LogP contribution is 2.18. The minimum atomic E-state index is -0.290. The molecule has 0 radical (unpaired) electrons. The molecule has 6 nitrogen and oxygen atoms in total. The number of amides is 1. The first-order valence-electron chi connectivity index (χ1n) is 8.26. The second-order valence-corrected chi connectivity index (χ2v) is 6.35. The van der Waals surface area contributed by atoms with E-state index in [1.54, 1.807) is 30.2 Å². The molecule has 0 aliphatic carbocycles. The minimum absolute atomic E-state index is 0.0561. The Hall–Kier alpha value is -2.70. The van der Waals surface area contributed by atoms with Crippen LogP contribution in [-0.4, -0.2) is 61.0 Å². The summed E-state index contributed by atoms with van der Waals surface area (Å²) in [6.07, 6.45) is 1.75. The van der Waals surface area contributed by atoms with E-state index in [-0.39, 0.29) is 11.7 Å². The van der Waals surface area contributed by atoms with E-state index in [4.69, 9.17) is 0 Å². The van der Waals surface area contributed by atoms with Crippen molar-refractivity contribution in [3.63, 3.8) is 0 Å². The molecule has 1 aliphatic heterocycles. The minimum Gasteiger partial charge on any atom is -0.353 e. The van der Waals surface area contributed by atoms with Crippen LogP contribution in [0.25, 0.3) is 0 Å². The average Bonchev–Trinajstić information content (AvgIpc) is 2.63. The van der Waals surface area contributed by atoms with E-state index >= 15 is 0 Å². The Kier molecular flexibility index (Phi) is 4.83. The van der Waals surface area contributed by atoms with Gasteiger partial charge in [0.1, 0.15) is 11.6 Å². The number of hydrogen-bond donors (Lipinski definition) is 0. The fourth-order valence-corrected chi connectivity index (χ4v) is 2.83. The number of aryl methyl sites for hydroxylation is 1. The maximum absolute atomic E-state index is 13.4. The quantitative estimate of drug-likeness (QED) is 0.853. The van der Waals surface area contributed by atoms with Gasteiger partial charge in [0.2, 0.25) is 5.95 Å². The average molecular weight is 343 g/mol. The van der Waals surface area contributed by atoms with Gasteiger partial charge in [-0.15, -0.1) is 0 Å². The standard InChI is InChI=1S/C18H22FN5O/c1-13-12-14(4-5-15(13)19)17(25)24-10-8-23(9-11-24)16-6-7-20-18(21-16)22(2)3/h4-7,12H,8-11H2,1-3H3. The van der Waals surface area contributed by atoms with Crippen molar-refractivity contribution < 1.29 is 9.18 Å². The highest BCUT2D eigenvalue weighted by Gasteiger charge is 2.23. The number of halogens is 1. The molecule has 2 heterocycles. The summed E-state index contributed by atoms with van der Waals surface area (Å²) in [5.41, 5.74) is 1.02. The molecule has 1 fully saturated rings. The lowest BCUT2D eigenvalue weighted by Gasteiger charge is -2.35. The molecular formula is C18H22FN5O. The first kappa shape index (κ1) is 17.1. The maximum Gasteiger partial charge on any atom is 0.253 e. The SMILES string of the molecule is Cc1cc(C(=O)N2CCN(c3ccnc(N(C)C)n3)CC2)ccc1F. The van der Waals surface area contributed by atoms with Gasteiger partial charge in [0.25, 0.3) is 5.91 Å². The summed E-state index contributed by atoms with van der Waals surface area (Å²) in [6, 6.07) is 6.39. The monoisotopic (exact) mass is 343 g/mol. The molecule has 1 amide bonds. The Morgan fingerprint density at radius 1 is 1.16 bits per heavy atom. The zero-order valence-electron chi connectivity index (χ0n) is 14.7. The number of piperazine rings is 1. The lowest BCUT2D eigenvalue weighted by Crippen LogP contribution is -2.49. The molecule has 1 aromatic carbocycles. The van der Waals surface area contributed by atoms with E-state index in [1.807, 2.05) is 25.1 Å². The van der Waals surface area contributed by atoms with E-state index in [1.165, 1.54) is 6.07 Å². The molecule has 1 saturated heterocycles. The molecule has 1 aromatic heterocycles. The van der Waals surface area contributed by atoms with Crippen LogP contribution < -0.4 is 9.80 Å². The molecule has 1 aliphatic rings. The fourth-order valence-electron chi connectivity index (χ4n) is 2.83. The van der Waals surface area contributed by atoms with Crippen LogP contribution in [0.15, 0.2) is 30.5 Å². The Labute approximate surface area is 146 Å². The van der Waals surface area contributed by atoms with Gasteiger partial charge in [-0.1, -0.05) is 0 Å². The van der Waals surface area contributed by atoms with Gasteiger partial charge in [-0.2, -0.15) is 4.98 Å². The molecule has 3 rings (SSSR count). The third-order valence-corrected chi connectivity index (χ3v) is 4.32. The van der Waals surface area contributed by atoms with Crippen LogP contribution in [0.1, 0.15) is 15.9 Å². The summed E-state index contributed by atoms with van der Waals surface area (Å²) < 4.78 is 13.4. The van der Waals surface area contributed by atoms with Crippen molar-refractivity contribution in [3.8, 4) is 0 Å². The van der Waals surface area contributed by atoms with Crippen molar-refractivity contribution in [2.45, 2.75) is 6.92 Å². The topological polar surface area (TPSA) is 52.6 Å². The van der Waals surface area contributed by atoms with Gasteiger partial charge in [0.15, 0.2) is 0 Å². The molecule has 2 aromatic rings. The Balaban J connectivity index is 1.66. The summed E-state index contributed by atoms with van der Waals surface area (Å²) in [6.45, 7) is 4.29. The number of carbonyl (C=O) groups is 1. The summed E-state index contributed by atoms with van der Waals surface area (Å²) in [4.78, 5) is 27.2. The van der Waals surface area contributed by atoms with Crippen molar-refractivity contribution >= 4 is 17.7 Å². The number of benzene rings is 1. The second kappa shape index (κ2) is 7.04. The number of nitrogens with zero attached hydrogens (tertiary/aromatic N) is 5. The molecule has 0 N–H and O–H groups in total. The summed E-state index contributed by atoms with van der Waals surface area (Å²) in [5.74, 6) is 1.18.